The molecule has 95 heavy (non-hydrogen) atoms. The van der Waals surface area contributed by atoms with Crippen LogP contribution in [0.3, 0.4) is 0 Å². The lowest BCUT2D eigenvalue weighted by Gasteiger charge is -2.08. The Labute approximate surface area is 588 Å². The van der Waals surface area contributed by atoms with Crippen molar-refractivity contribution in [3.8, 4) is 59.2 Å². The Hall–Kier alpha value is -6.53. The highest BCUT2D eigenvalue weighted by atomic mass is 32.1. The van der Waals surface area contributed by atoms with E-state index in [0.29, 0.717) is 0 Å². The predicted octanol–water partition coefficient (Wildman–Crippen LogP) is 26.8. The standard InChI is InChI=1S/C94H122S/c1-5-9-13-17-21-25-29-33-37-44-50-90-76-82(55-54-81-64-74-94(95)75-65-81)57-67-87(90)69-59-84-61-71-89(92(78-84)52-46-39-35-31-27-23-19-15-11-7-3)73-63-85-62-72-88(93(79-85)53-47-40-36-32-28-24-20-16-12-8-4)70-60-83-58-68-86(66-56-80-48-42-41-43-49-80)91(77-83)51-45-38-34-30-26-22-18-14-10-6-2/h41-43,48-49,57-58,61-62,64-65,67-68,71-72,74-79,95H,5-40,44-47,50-53H2,1-4H3. The maximum atomic E-state index is 4.49. The number of rotatable bonds is 44. The van der Waals surface area contributed by atoms with E-state index in [0.717, 1.165) is 99.1 Å². The molecule has 0 saturated heterocycles. The van der Waals surface area contributed by atoms with E-state index in [1.807, 2.05) is 24.3 Å². The van der Waals surface area contributed by atoms with Gasteiger partial charge in [-0.1, -0.05) is 336 Å². The van der Waals surface area contributed by atoms with Gasteiger partial charge in [0.1, 0.15) is 0 Å². The van der Waals surface area contributed by atoms with Gasteiger partial charge in [-0.15, -0.1) is 12.6 Å². The lowest BCUT2D eigenvalue weighted by atomic mass is 9.95. The lowest BCUT2D eigenvalue weighted by Crippen LogP contribution is -1.95. The van der Waals surface area contributed by atoms with Crippen LogP contribution in [0.25, 0.3) is 0 Å². The van der Waals surface area contributed by atoms with Gasteiger partial charge in [0.2, 0.25) is 0 Å². The van der Waals surface area contributed by atoms with Gasteiger partial charge < -0.3 is 0 Å². The second kappa shape index (κ2) is 50.8. The summed E-state index contributed by atoms with van der Waals surface area (Å²) >= 11 is 4.49. The van der Waals surface area contributed by atoms with Gasteiger partial charge in [-0.25, -0.2) is 0 Å². The van der Waals surface area contributed by atoms with E-state index in [1.54, 1.807) is 0 Å². The summed E-state index contributed by atoms with van der Waals surface area (Å²) in [5.41, 5.74) is 16.0. The number of hydrogen-bond acceptors (Lipinski definition) is 1. The summed E-state index contributed by atoms with van der Waals surface area (Å²) in [7, 11) is 0. The van der Waals surface area contributed by atoms with Crippen LogP contribution in [0.1, 0.15) is 362 Å². The number of aryl methyl sites for hydroxylation is 4. The number of hydrogen-bond donors (Lipinski definition) is 1. The molecule has 0 amide bonds. The molecule has 0 nitrogen and oxygen atoms in total. The van der Waals surface area contributed by atoms with Crippen LogP contribution in [0, 0.1) is 59.2 Å². The Morgan fingerprint density at radius 1 is 0.200 bits per heavy atom. The normalized spacial score (nSPS) is 10.7. The van der Waals surface area contributed by atoms with Crippen LogP contribution in [-0.4, -0.2) is 0 Å². The Morgan fingerprint density at radius 2 is 0.400 bits per heavy atom. The SMILES string of the molecule is CCCCCCCCCCCCc1cc(C#Cc2ccc(C#Cc3ccc(C#Cc4ccc(C#Cc5ccc(S)cc5)cc4CCCCCCCCCCCC)cc3CCCCCCCCCCCC)cc2CCCCCCCCCCCC)ccc1C#Cc1ccccc1. The van der Waals surface area contributed by atoms with E-state index >= 15 is 0 Å². The number of unbranched alkanes of at least 4 members (excludes halogenated alkanes) is 36. The first-order valence-electron chi connectivity index (χ1n) is 38.9. The molecule has 0 unspecified atom stereocenters. The minimum Gasteiger partial charge on any atom is -0.143 e. The second-order valence-electron chi connectivity index (χ2n) is 27.4. The molecule has 0 bridgehead atoms. The molecule has 6 aromatic rings. The average molecular weight is 1280 g/mol. The maximum Gasteiger partial charge on any atom is 0.0281 e. The largest absolute Gasteiger partial charge is 0.143 e. The molecule has 0 atom stereocenters. The van der Waals surface area contributed by atoms with E-state index < -0.39 is 0 Å². The minimum atomic E-state index is 0.949. The van der Waals surface area contributed by atoms with Gasteiger partial charge in [-0.3, -0.25) is 0 Å². The summed E-state index contributed by atoms with van der Waals surface area (Å²) in [5.74, 6) is 36.0. The molecule has 6 rings (SSSR count). The second-order valence-corrected chi connectivity index (χ2v) is 27.9. The molecule has 1 heteroatoms. The maximum absolute atomic E-state index is 4.49. The van der Waals surface area contributed by atoms with Crippen LogP contribution >= 0.6 is 12.6 Å². The Morgan fingerprint density at radius 3 is 0.663 bits per heavy atom. The van der Waals surface area contributed by atoms with Crippen LogP contribution < -0.4 is 0 Å². The summed E-state index contributed by atoms with van der Waals surface area (Å²) in [6, 6.07) is 45.5. The van der Waals surface area contributed by atoms with E-state index in [2.05, 4.69) is 203 Å². The molecule has 6 aromatic carbocycles. The summed E-state index contributed by atoms with van der Waals surface area (Å²) in [4.78, 5) is 0.949. The highest BCUT2D eigenvalue weighted by Crippen LogP contribution is 2.24. The zero-order valence-corrected chi connectivity index (χ0v) is 61.1. The Kier molecular flexibility index (Phi) is 41.4. The monoisotopic (exact) mass is 1280 g/mol. The van der Waals surface area contributed by atoms with Crippen LogP contribution in [0.15, 0.2) is 132 Å². The molecule has 0 spiro atoms. The first kappa shape index (κ1) is 77.5. The van der Waals surface area contributed by atoms with Crippen molar-refractivity contribution < 1.29 is 0 Å². The molecule has 0 saturated carbocycles. The molecule has 0 radical (unpaired) electrons. The molecule has 0 aliphatic rings. The number of benzene rings is 6. The van der Waals surface area contributed by atoms with Crippen molar-refractivity contribution in [1.29, 1.82) is 0 Å². The first-order valence-corrected chi connectivity index (χ1v) is 39.3. The van der Waals surface area contributed by atoms with Gasteiger partial charge in [0.15, 0.2) is 0 Å². The van der Waals surface area contributed by atoms with Crippen molar-refractivity contribution in [2.75, 3.05) is 0 Å². The third-order valence-electron chi connectivity index (χ3n) is 19.0. The third-order valence-corrected chi connectivity index (χ3v) is 19.3. The Bertz CT molecular complexity index is 3380. The average Bonchev–Trinajstić information content (AvgIpc) is 1.15. The molecular weight excluding hydrogens is 1160 g/mol. The van der Waals surface area contributed by atoms with Crippen molar-refractivity contribution in [3.05, 3.63) is 205 Å². The highest BCUT2D eigenvalue weighted by molar-refractivity contribution is 7.80. The third kappa shape index (κ3) is 34.3. The van der Waals surface area contributed by atoms with Gasteiger partial charge in [-0.2, -0.15) is 0 Å². The summed E-state index contributed by atoms with van der Waals surface area (Å²) in [6.07, 6.45) is 57.0. The molecule has 504 valence electrons. The Balaban J connectivity index is 1.25. The quantitative estimate of drug-likeness (QED) is 0.0220. The van der Waals surface area contributed by atoms with Crippen molar-refractivity contribution in [2.45, 2.75) is 315 Å². The van der Waals surface area contributed by atoms with Crippen molar-refractivity contribution >= 4 is 12.6 Å². The van der Waals surface area contributed by atoms with Gasteiger partial charge in [0, 0.05) is 60.5 Å². The van der Waals surface area contributed by atoms with E-state index in [9.17, 15) is 0 Å². The fourth-order valence-electron chi connectivity index (χ4n) is 13.0. The number of thiol groups is 1. The van der Waals surface area contributed by atoms with Crippen LogP contribution in [0.5, 0.6) is 0 Å². The van der Waals surface area contributed by atoms with Crippen molar-refractivity contribution in [3.63, 3.8) is 0 Å². The van der Waals surface area contributed by atoms with Gasteiger partial charge in [-0.05, 0) is 183 Å². The molecule has 0 heterocycles. The fourth-order valence-corrected chi connectivity index (χ4v) is 13.1. The van der Waals surface area contributed by atoms with Crippen LogP contribution in [0.2, 0.25) is 0 Å². The molecule has 0 fully saturated rings. The van der Waals surface area contributed by atoms with Gasteiger partial charge >= 0.3 is 0 Å². The minimum absolute atomic E-state index is 0.949. The molecule has 0 N–H and O–H groups in total. The van der Waals surface area contributed by atoms with Crippen molar-refractivity contribution in [1.82, 2.24) is 0 Å². The summed E-state index contributed by atoms with van der Waals surface area (Å²) in [5, 5.41) is 0. The van der Waals surface area contributed by atoms with Crippen LogP contribution in [-0.2, 0) is 25.7 Å². The molecule has 0 aliphatic carbocycles. The van der Waals surface area contributed by atoms with Gasteiger partial charge in [0.25, 0.3) is 0 Å². The molecule has 0 aliphatic heterocycles. The lowest BCUT2D eigenvalue weighted by molar-refractivity contribution is 0.556. The van der Waals surface area contributed by atoms with Crippen molar-refractivity contribution in [2.24, 2.45) is 0 Å². The summed E-state index contributed by atoms with van der Waals surface area (Å²) in [6.45, 7) is 9.21. The summed E-state index contributed by atoms with van der Waals surface area (Å²) < 4.78 is 0. The smallest absolute Gasteiger partial charge is 0.0281 e. The van der Waals surface area contributed by atoms with E-state index in [4.69, 9.17) is 0 Å². The van der Waals surface area contributed by atoms with Gasteiger partial charge in [0.05, 0.1) is 0 Å². The first-order chi connectivity index (χ1) is 46.9. The fraction of sp³-hybridized carbons (Fsp3) is 0.511. The van der Waals surface area contributed by atoms with E-state index in [-0.39, 0.29) is 0 Å². The molecular formula is C94H122S. The topological polar surface area (TPSA) is 0 Å². The molecule has 0 aromatic heterocycles. The zero-order chi connectivity index (χ0) is 66.7. The van der Waals surface area contributed by atoms with E-state index in [1.165, 1.54) is 266 Å². The highest BCUT2D eigenvalue weighted by Gasteiger charge is 2.09. The van der Waals surface area contributed by atoms with Crippen LogP contribution in [0.4, 0.5) is 0 Å². The predicted molar refractivity (Wildman–Crippen MR) is 418 cm³/mol. The zero-order valence-electron chi connectivity index (χ0n) is 60.2.